The fourth-order valence-electron chi connectivity index (χ4n) is 8.15. The Morgan fingerprint density at radius 1 is 0.980 bits per heavy atom. The second-order valence-corrected chi connectivity index (χ2v) is 14.0. The number of pyridine rings is 1. The molecule has 4 aliphatic rings. The molecule has 50 heavy (non-hydrogen) atoms. The fourth-order valence-corrected chi connectivity index (χ4v) is 8.15. The lowest BCUT2D eigenvalue weighted by Crippen LogP contribution is -2.45. The molecule has 4 aromatic rings. The molecule has 0 amide bonds. The van der Waals surface area contributed by atoms with E-state index in [9.17, 15) is 19.1 Å². The van der Waals surface area contributed by atoms with Crippen molar-refractivity contribution >= 4 is 11.0 Å². The molecule has 2 aromatic heterocycles. The summed E-state index contributed by atoms with van der Waals surface area (Å²) >= 11 is 0. The van der Waals surface area contributed by atoms with Crippen LogP contribution >= 0.6 is 0 Å². The molecule has 1 aliphatic carbocycles. The van der Waals surface area contributed by atoms with Crippen LogP contribution in [-0.2, 0) is 11.3 Å². The number of phenols is 1. The number of benzene rings is 2. The highest BCUT2D eigenvalue weighted by Gasteiger charge is 2.29. The average Bonchev–Trinajstić information content (AvgIpc) is 3.56. The van der Waals surface area contributed by atoms with Crippen molar-refractivity contribution in [1.29, 1.82) is 0 Å². The number of morpholine rings is 1. The number of nitrogens with one attached hydrogen (secondary N) is 2. The van der Waals surface area contributed by atoms with E-state index in [0.717, 1.165) is 61.9 Å². The van der Waals surface area contributed by atoms with Crippen molar-refractivity contribution in [2.75, 3.05) is 39.4 Å². The predicted octanol–water partition coefficient (Wildman–Crippen LogP) is 4.22. The summed E-state index contributed by atoms with van der Waals surface area (Å²) in [4.78, 5) is 37.3. The van der Waals surface area contributed by atoms with Crippen LogP contribution in [-0.4, -0.2) is 80.6 Å². The van der Waals surface area contributed by atoms with E-state index in [4.69, 9.17) is 4.74 Å². The normalized spacial score (nSPS) is 22.7. The Kier molecular flexibility index (Phi) is 9.15. The first-order chi connectivity index (χ1) is 24.4. The van der Waals surface area contributed by atoms with Gasteiger partial charge in [-0.2, -0.15) is 0 Å². The monoisotopic (exact) mass is 681 g/mol. The minimum Gasteiger partial charge on any atom is -0.508 e. The minimum atomic E-state index is -0.629. The number of hydrogen-bond donors (Lipinski definition) is 3. The van der Waals surface area contributed by atoms with Gasteiger partial charge in [-0.05, 0) is 92.0 Å². The smallest absolute Gasteiger partial charge is 0.337 e. The third-order valence-corrected chi connectivity index (χ3v) is 10.8. The van der Waals surface area contributed by atoms with Crippen LogP contribution in [0, 0.1) is 5.82 Å². The van der Waals surface area contributed by atoms with Crippen LogP contribution in [0.1, 0.15) is 56.6 Å². The molecule has 2 aromatic carbocycles. The zero-order valence-electron chi connectivity index (χ0n) is 28.2. The highest BCUT2D eigenvalue weighted by Crippen LogP contribution is 2.31. The topological polar surface area (TPSA) is 117 Å². The Morgan fingerprint density at radius 2 is 1.82 bits per heavy atom. The molecule has 12 heteroatoms. The summed E-state index contributed by atoms with van der Waals surface area (Å²) in [6.45, 7) is 5.42. The van der Waals surface area contributed by atoms with Crippen molar-refractivity contribution in [3.63, 3.8) is 0 Å². The maximum atomic E-state index is 14.6. The number of phenolic OH excluding ortho intramolecular Hbond substituents is 1. The van der Waals surface area contributed by atoms with Crippen molar-refractivity contribution in [2.45, 2.75) is 69.7 Å². The van der Waals surface area contributed by atoms with Gasteiger partial charge in [-0.25, -0.2) is 18.7 Å². The highest BCUT2D eigenvalue weighted by molar-refractivity contribution is 5.77. The van der Waals surface area contributed by atoms with Gasteiger partial charge in [0.15, 0.2) is 5.65 Å². The number of aromatic nitrogens is 3. The standard InChI is InChI=1S/C38H44FN7O4/c39-27-20-34-36(41-21-27)45(31-5-3-4-25(18-31)33-12-11-32(47)19-26(33)23-43-14-16-50-17-15-43)38(49)46(37(34)48)30-9-7-28(8-10-30)40-22-29-24-44-13-2-1-6-35(44)42-29/h3-5,11-12,18-21,24,28,30,35,40,42,47H,1-2,6-10,13-17,22-23H2. The van der Waals surface area contributed by atoms with Crippen molar-refractivity contribution < 1.29 is 14.2 Å². The van der Waals surface area contributed by atoms with Crippen LogP contribution in [0.4, 0.5) is 4.39 Å². The molecular weight excluding hydrogens is 637 g/mol. The molecule has 1 atom stereocenters. The van der Waals surface area contributed by atoms with E-state index in [1.807, 2.05) is 30.3 Å². The second kappa shape index (κ2) is 14.0. The number of aromatic hydroxyl groups is 1. The van der Waals surface area contributed by atoms with Crippen molar-refractivity contribution in [2.24, 2.45) is 0 Å². The van der Waals surface area contributed by atoms with Gasteiger partial charge in [-0.3, -0.25) is 14.3 Å². The molecule has 3 N–H and O–H groups in total. The summed E-state index contributed by atoms with van der Waals surface area (Å²) in [6, 6.07) is 14.0. The first-order valence-corrected chi connectivity index (χ1v) is 17.9. The van der Waals surface area contributed by atoms with Gasteiger partial charge >= 0.3 is 5.69 Å². The van der Waals surface area contributed by atoms with E-state index >= 15 is 0 Å². The maximum absolute atomic E-state index is 14.6. The van der Waals surface area contributed by atoms with E-state index in [-0.39, 0.29) is 28.9 Å². The van der Waals surface area contributed by atoms with E-state index in [1.54, 1.807) is 12.1 Å². The third-order valence-electron chi connectivity index (χ3n) is 10.8. The zero-order valence-corrected chi connectivity index (χ0v) is 28.2. The lowest BCUT2D eigenvalue weighted by atomic mass is 9.91. The fraction of sp³-hybridized carbons (Fsp3) is 0.447. The summed E-state index contributed by atoms with van der Waals surface area (Å²) in [5, 5.41) is 17.8. The molecule has 5 heterocycles. The minimum absolute atomic E-state index is 0.0728. The van der Waals surface area contributed by atoms with Crippen LogP contribution < -0.4 is 21.9 Å². The van der Waals surface area contributed by atoms with Gasteiger partial charge in [0.05, 0.1) is 36.6 Å². The first-order valence-electron chi connectivity index (χ1n) is 17.9. The average molecular weight is 682 g/mol. The zero-order chi connectivity index (χ0) is 34.2. The molecule has 0 spiro atoms. The molecular formula is C38H44FN7O4. The molecule has 1 unspecified atom stereocenters. The Balaban J connectivity index is 1.08. The third kappa shape index (κ3) is 6.55. The van der Waals surface area contributed by atoms with Gasteiger partial charge in [0, 0.05) is 56.7 Å². The molecule has 11 nitrogen and oxygen atoms in total. The SMILES string of the molecule is O=c1c2cc(F)cnc2n(-c2cccc(-c3ccc(O)cc3CN3CCOCC3)c2)c(=O)n1C1CCC(NCC2=CN3CCCCC3N2)CC1. The Bertz CT molecular complexity index is 2030. The van der Waals surface area contributed by atoms with E-state index < -0.39 is 17.1 Å². The van der Waals surface area contributed by atoms with Crippen molar-refractivity contribution in [3.8, 4) is 22.6 Å². The molecule has 0 radical (unpaired) electrons. The number of hydrogen-bond acceptors (Lipinski definition) is 9. The van der Waals surface area contributed by atoms with Crippen LogP contribution in [0.3, 0.4) is 0 Å². The lowest BCUT2D eigenvalue weighted by molar-refractivity contribution is 0.0342. The summed E-state index contributed by atoms with van der Waals surface area (Å²) in [5.74, 6) is -0.447. The largest absolute Gasteiger partial charge is 0.508 e. The quantitative estimate of drug-likeness (QED) is 0.252. The van der Waals surface area contributed by atoms with Crippen LogP contribution in [0.5, 0.6) is 5.75 Å². The molecule has 8 rings (SSSR count). The summed E-state index contributed by atoms with van der Waals surface area (Å²) in [7, 11) is 0. The molecule has 3 fully saturated rings. The van der Waals surface area contributed by atoms with Crippen LogP contribution in [0.2, 0.25) is 0 Å². The predicted molar refractivity (Wildman–Crippen MR) is 190 cm³/mol. The van der Waals surface area contributed by atoms with E-state index in [2.05, 4.69) is 31.6 Å². The first kappa shape index (κ1) is 32.7. The van der Waals surface area contributed by atoms with Crippen LogP contribution in [0.15, 0.2) is 76.2 Å². The Morgan fingerprint density at radius 3 is 2.64 bits per heavy atom. The van der Waals surface area contributed by atoms with Crippen molar-refractivity contribution in [1.82, 2.24) is 34.6 Å². The van der Waals surface area contributed by atoms with Crippen LogP contribution in [0.25, 0.3) is 27.8 Å². The Hall–Kier alpha value is -4.52. The van der Waals surface area contributed by atoms with Crippen molar-refractivity contribution in [3.05, 3.63) is 98.8 Å². The number of nitrogens with zero attached hydrogens (tertiary/aromatic N) is 5. The summed E-state index contributed by atoms with van der Waals surface area (Å²) in [6.07, 6.45) is 10.3. The number of halogens is 1. The lowest BCUT2D eigenvalue weighted by Gasteiger charge is -2.31. The maximum Gasteiger partial charge on any atom is 0.337 e. The Labute approximate surface area is 290 Å². The van der Waals surface area contributed by atoms with E-state index in [0.29, 0.717) is 44.5 Å². The number of ether oxygens (including phenoxy) is 1. The van der Waals surface area contributed by atoms with Gasteiger partial charge < -0.3 is 25.4 Å². The summed E-state index contributed by atoms with van der Waals surface area (Å²) in [5.41, 5.74) is 3.59. The van der Waals surface area contributed by atoms with Gasteiger partial charge in [0.25, 0.3) is 5.56 Å². The molecule has 2 saturated heterocycles. The molecule has 1 saturated carbocycles. The van der Waals surface area contributed by atoms with E-state index in [1.165, 1.54) is 40.2 Å². The highest BCUT2D eigenvalue weighted by atomic mass is 19.1. The van der Waals surface area contributed by atoms with Gasteiger partial charge in [0.2, 0.25) is 0 Å². The molecule has 262 valence electrons. The number of fused-ring (bicyclic) bond motifs is 2. The number of rotatable bonds is 8. The second-order valence-electron chi connectivity index (χ2n) is 14.0. The molecule has 3 aliphatic heterocycles. The van der Waals surface area contributed by atoms with Gasteiger partial charge in [0.1, 0.15) is 11.6 Å². The van der Waals surface area contributed by atoms with Gasteiger partial charge in [-0.15, -0.1) is 0 Å². The summed E-state index contributed by atoms with van der Waals surface area (Å²) < 4.78 is 22.9. The molecule has 0 bridgehead atoms. The number of piperidine rings is 1. The van der Waals surface area contributed by atoms with Gasteiger partial charge in [-0.1, -0.05) is 18.2 Å².